The van der Waals surface area contributed by atoms with Crippen LogP contribution in [0.4, 0.5) is 11.6 Å². The highest BCUT2D eigenvalue weighted by Gasteiger charge is 2.21. The van der Waals surface area contributed by atoms with Gasteiger partial charge in [-0.1, -0.05) is 12.1 Å². The molecular weight excluding hydrogens is 366 g/mol. The molecule has 0 aliphatic carbocycles. The first-order chi connectivity index (χ1) is 12.8. The van der Waals surface area contributed by atoms with Crippen LogP contribution in [0, 0.1) is 13.8 Å². The zero-order chi connectivity index (χ0) is 19.6. The van der Waals surface area contributed by atoms with E-state index in [0.717, 1.165) is 5.56 Å². The van der Waals surface area contributed by atoms with E-state index in [2.05, 4.69) is 14.9 Å². The molecule has 1 aromatic heterocycles. The van der Waals surface area contributed by atoms with E-state index in [-0.39, 0.29) is 16.6 Å². The van der Waals surface area contributed by atoms with Crippen molar-refractivity contribution >= 4 is 27.6 Å². The van der Waals surface area contributed by atoms with Crippen LogP contribution in [0.25, 0.3) is 0 Å². The maximum absolute atomic E-state index is 12.6. The van der Waals surface area contributed by atoms with Gasteiger partial charge in [-0.05, 0) is 43.2 Å². The second kappa shape index (κ2) is 7.51. The molecule has 9 heteroatoms. The van der Waals surface area contributed by atoms with Crippen molar-refractivity contribution in [3.05, 3.63) is 41.5 Å². The lowest BCUT2D eigenvalue weighted by molar-refractivity contribution is -0.129. The minimum absolute atomic E-state index is 0.0666. The monoisotopic (exact) mass is 389 g/mol. The summed E-state index contributed by atoms with van der Waals surface area (Å²) in [6.07, 6.45) is 0. The molecule has 1 saturated heterocycles. The highest BCUT2D eigenvalue weighted by atomic mass is 32.2. The Hall–Kier alpha value is -2.68. The third kappa shape index (κ3) is 4.36. The van der Waals surface area contributed by atoms with E-state index in [4.69, 9.17) is 0 Å². The SMILES string of the molecule is CC(=O)N1CCN(c2ccc(NS(=O)(=O)c3cc(C)ccc3C)nn2)CC1. The number of rotatable bonds is 4. The van der Waals surface area contributed by atoms with Gasteiger partial charge in [0.1, 0.15) is 0 Å². The maximum atomic E-state index is 12.6. The molecule has 1 N–H and O–H groups in total. The van der Waals surface area contributed by atoms with Gasteiger partial charge in [0, 0.05) is 33.1 Å². The van der Waals surface area contributed by atoms with Crippen molar-refractivity contribution < 1.29 is 13.2 Å². The standard InChI is InChI=1S/C18H23N5O3S/c1-13-4-5-14(2)16(12-13)27(25,26)21-17-6-7-18(20-19-17)23-10-8-22(9-11-23)15(3)24/h4-7,12H,8-11H2,1-3H3,(H,19,21). The second-order valence-corrected chi connectivity index (χ2v) is 8.30. The molecule has 1 aromatic carbocycles. The summed E-state index contributed by atoms with van der Waals surface area (Å²) in [6, 6.07) is 8.61. The Kier molecular flexibility index (Phi) is 5.31. The molecule has 144 valence electrons. The fourth-order valence-electron chi connectivity index (χ4n) is 2.99. The second-order valence-electron chi connectivity index (χ2n) is 6.64. The quantitative estimate of drug-likeness (QED) is 0.853. The first-order valence-corrected chi connectivity index (χ1v) is 10.2. The van der Waals surface area contributed by atoms with Crippen molar-refractivity contribution in [3.8, 4) is 0 Å². The van der Waals surface area contributed by atoms with Crippen LogP contribution in [0.1, 0.15) is 18.1 Å². The van der Waals surface area contributed by atoms with Gasteiger partial charge in [-0.25, -0.2) is 8.42 Å². The predicted molar refractivity (Wildman–Crippen MR) is 103 cm³/mol. The zero-order valence-corrected chi connectivity index (χ0v) is 16.5. The average molecular weight is 389 g/mol. The summed E-state index contributed by atoms with van der Waals surface area (Å²) in [4.78, 5) is 15.4. The molecule has 8 nitrogen and oxygen atoms in total. The first-order valence-electron chi connectivity index (χ1n) is 8.70. The van der Waals surface area contributed by atoms with E-state index in [0.29, 0.717) is 37.6 Å². The highest BCUT2D eigenvalue weighted by Crippen LogP contribution is 2.20. The van der Waals surface area contributed by atoms with E-state index >= 15 is 0 Å². The molecule has 0 bridgehead atoms. The van der Waals surface area contributed by atoms with Crippen LogP contribution < -0.4 is 9.62 Å². The Balaban J connectivity index is 1.71. The van der Waals surface area contributed by atoms with E-state index in [1.165, 1.54) is 0 Å². The third-order valence-corrected chi connectivity index (χ3v) is 6.07. The first kappa shape index (κ1) is 19.1. The zero-order valence-electron chi connectivity index (χ0n) is 15.6. The minimum atomic E-state index is -3.73. The Labute approximate surface area is 159 Å². The molecule has 0 saturated carbocycles. The summed E-state index contributed by atoms with van der Waals surface area (Å²) in [5.74, 6) is 0.895. The lowest BCUT2D eigenvalue weighted by Gasteiger charge is -2.34. The lowest BCUT2D eigenvalue weighted by Crippen LogP contribution is -2.48. The summed E-state index contributed by atoms with van der Waals surface area (Å²) in [5.41, 5.74) is 1.54. The number of nitrogens with one attached hydrogen (secondary N) is 1. The molecule has 1 fully saturated rings. The summed E-state index contributed by atoms with van der Waals surface area (Å²) in [6.45, 7) is 7.77. The lowest BCUT2D eigenvalue weighted by atomic mass is 10.2. The maximum Gasteiger partial charge on any atom is 0.263 e. The summed E-state index contributed by atoms with van der Waals surface area (Å²) in [7, 11) is -3.73. The fraction of sp³-hybridized carbons (Fsp3) is 0.389. The molecule has 2 aromatic rings. The number of hydrogen-bond acceptors (Lipinski definition) is 6. The summed E-state index contributed by atoms with van der Waals surface area (Å²) in [5, 5.41) is 8.14. The Morgan fingerprint density at radius 1 is 1.04 bits per heavy atom. The molecule has 1 aliphatic rings. The van der Waals surface area contributed by atoms with Gasteiger partial charge in [-0.2, -0.15) is 0 Å². The van der Waals surface area contributed by atoms with Crippen molar-refractivity contribution in [2.75, 3.05) is 35.8 Å². The minimum Gasteiger partial charge on any atom is -0.352 e. The van der Waals surface area contributed by atoms with E-state index < -0.39 is 10.0 Å². The molecule has 0 unspecified atom stereocenters. The number of hydrogen-bond donors (Lipinski definition) is 1. The molecule has 2 heterocycles. The van der Waals surface area contributed by atoms with Gasteiger partial charge in [-0.3, -0.25) is 9.52 Å². The smallest absolute Gasteiger partial charge is 0.263 e. The molecular formula is C18H23N5O3S. The van der Waals surface area contributed by atoms with Crippen molar-refractivity contribution in [1.29, 1.82) is 0 Å². The number of nitrogens with zero attached hydrogens (tertiary/aromatic N) is 4. The van der Waals surface area contributed by atoms with E-state index in [9.17, 15) is 13.2 Å². The normalized spacial score (nSPS) is 14.9. The summed E-state index contributed by atoms with van der Waals surface area (Å²) >= 11 is 0. The van der Waals surface area contributed by atoms with Gasteiger partial charge in [0.15, 0.2) is 11.6 Å². The van der Waals surface area contributed by atoms with Crippen molar-refractivity contribution in [2.45, 2.75) is 25.7 Å². The number of sulfonamides is 1. The van der Waals surface area contributed by atoms with Crippen LogP contribution in [0.15, 0.2) is 35.2 Å². The van der Waals surface area contributed by atoms with Crippen LogP contribution in [0.3, 0.4) is 0 Å². The number of carbonyl (C=O) groups excluding carboxylic acids is 1. The Morgan fingerprint density at radius 3 is 2.33 bits per heavy atom. The van der Waals surface area contributed by atoms with E-state index in [1.807, 2.05) is 17.9 Å². The molecule has 1 amide bonds. The van der Waals surface area contributed by atoms with Crippen molar-refractivity contribution in [1.82, 2.24) is 15.1 Å². The van der Waals surface area contributed by atoms with Gasteiger partial charge >= 0.3 is 0 Å². The van der Waals surface area contributed by atoms with Gasteiger partial charge in [0.2, 0.25) is 5.91 Å². The van der Waals surface area contributed by atoms with Crippen molar-refractivity contribution in [2.24, 2.45) is 0 Å². The van der Waals surface area contributed by atoms with Gasteiger partial charge in [0.05, 0.1) is 4.90 Å². The Bertz CT molecular complexity index is 936. The molecule has 0 atom stereocenters. The number of anilines is 2. The van der Waals surface area contributed by atoms with Gasteiger partial charge in [0.25, 0.3) is 10.0 Å². The fourth-order valence-corrected chi connectivity index (χ4v) is 4.32. The molecule has 1 aliphatic heterocycles. The molecule has 0 spiro atoms. The number of carbonyl (C=O) groups is 1. The molecule has 3 rings (SSSR count). The topological polar surface area (TPSA) is 95.5 Å². The number of benzene rings is 1. The van der Waals surface area contributed by atoms with Crippen LogP contribution >= 0.6 is 0 Å². The van der Waals surface area contributed by atoms with Gasteiger partial charge < -0.3 is 9.80 Å². The number of amides is 1. The molecule has 0 radical (unpaired) electrons. The van der Waals surface area contributed by atoms with Gasteiger partial charge in [-0.15, -0.1) is 10.2 Å². The third-order valence-electron chi connectivity index (χ3n) is 4.57. The van der Waals surface area contributed by atoms with Crippen LogP contribution in [-0.4, -0.2) is 55.6 Å². The van der Waals surface area contributed by atoms with E-state index in [1.54, 1.807) is 43.0 Å². The number of piperazine rings is 1. The average Bonchev–Trinajstić information content (AvgIpc) is 2.64. The van der Waals surface area contributed by atoms with Crippen LogP contribution in [0.5, 0.6) is 0 Å². The predicted octanol–water partition coefficient (Wildman–Crippen LogP) is 1.56. The number of aromatic nitrogens is 2. The van der Waals surface area contributed by atoms with Crippen molar-refractivity contribution in [3.63, 3.8) is 0 Å². The van der Waals surface area contributed by atoms with Crippen LogP contribution in [-0.2, 0) is 14.8 Å². The Morgan fingerprint density at radius 2 is 1.74 bits per heavy atom. The largest absolute Gasteiger partial charge is 0.352 e. The summed E-state index contributed by atoms with van der Waals surface area (Å²) < 4.78 is 27.8. The number of aryl methyl sites for hydroxylation is 2. The highest BCUT2D eigenvalue weighted by molar-refractivity contribution is 7.92. The molecule has 27 heavy (non-hydrogen) atoms. The van der Waals surface area contributed by atoms with Crippen LogP contribution in [0.2, 0.25) is 0 Å².